The number of benzene rings is 1. The molecule has 4 rings (SSSR count). The third kappa shape index (κ3) is 1.65. The van der Waals surface area contributed by atoms with Crippen molar-refractivity contribution in [1.82, 2.24) is 5.32 Å². The predicted octanol–water partition coefficient (Wildman–Crippen LogP) is 1.77. The summed E-state index contributed by atoms with van der Waals surface area (Å²) >= 11 is 0. The Morgan fingerprint density at radius 1 is 1.28 bits per heavy atom. The van der Waals surface area contributed by atoms with Gasteiger partial charge >= 0.3 is 0 Å². The summed E-state index contributed by atoms with van der Waals surface area (Å²) in [5.74, 6) is 0.290. The van der Waals surface area contributed by atoms with Gasteiger partial charge in [-0.05, 0) is 42.4 Å². The van der Waals surface area contributed by atoms with Crippen LogP contribution in [0.2, 0.25) is 0 Å². The maximum absolute atomic E-state index is 11.9. The molecular weight excluding hydrogens is 224 g/mol. The van der Waals surface area contributed by atoms with Crippen LogP contribution in [-0.2, 0) is 24.2 Å². The van der Waals surface area contributed by atoms with Crippen LogP contribution in [-0.4, -0.2) is 18.5 Å². The van der Waals surface area contributed by atoms with E-state index in [1.807, 2.05) is 4.90 Å². The fraction of sp³-hybridized carbons (Fsp3) is 0.533. The average molecular weight is 242 g/mol. The zero-order valence-electron chi connectivity index (χ0n) is 10.5. The van der Waals surface area contributed by atoms with Crippen molar-refractivity contribution >= 4 is 11.6 Å². The first kappa shape index (κ1) is 10.6. The third-order valence-corrected chi connectivity index (χ3v) is 4.24. The standard InChI is InChI=1S/C15H18N2O/c18-14-8-12-7-10(9-16-13-3-4-13)6-11-2-1-5-17(14)15(11)12/h6-7,13,16H,1-5,8-9H2. The molecule has 18 heavy (non-hydrogen) atoms. The second-order valence-corrected chi connectivity index (χ2v) is 5.74. The second kappa shape index (κ2) is 3.82. The molecule has 0 spiro atoms. The molecule has 94 valence electrons. The van der Waals surface area contributed by atoms with Crippen molar-refractivity contribution in [3.8, 4) is 0 Å². The largest absolute Gasteiger partial charge is 0.312 e. The summed E-state index contributed by atoms with van der Waals surface area (Å²) in [6, 6.07) is 5.28. The number of anilines is 1. The van der Waals surface area contributed by atoms with Crippen LogP contribution in [0.3, 0.4) is 0 Å². The predicted molar refractivity (Wildman–Crippen MR) is 70.7 cm³/mol. The minimum Gasteiger partial charge on any atom is -0.312 e. The van der Waals surface area contributed by atoms with E-state index in [4.69, 9.17) is 0 Å². The van der Waals surface area contributed by atoms with E-state index in [0.717, 1.165) is 32.0 Å². The van der Waals surface area contributed by atoms with Crippen LogP contribution in [0.15, 0.2) is 12.1 Å². The first-order valence-electron chi connectivity index (χ1n) is 7.00. The highest BCUT2D eigenvalue weighted by Crippen LogP contribution is 2.37. The van der Waals surface area contributed by atoms with E-state index in [0.29, 0.717) is 12.3 Å². The Labute approximate surface area is 107 Å². The smallest absolute Gasteiger partial charge is 0.231 e. The Balaban J connectivity index is 1.67. The zero-order valence-corrected chi connectivity index (χ0v) is 10.5. The van der Waals surface area contributed by atoms with Gasteiger partial charge in [0.25, 0.3) is 0 Å². The molecule has 2 heterocycles. The number of carbonyl (C=O) groups is 1. The first-order valence-corrected chi connectivity index (χ1v) is 7.00. The lowest BCUT2D eigenvalue weighted by atomic mass is 9.97. The van der Waals surface area contributed by atoms with Crippen LogP contribution in [0.25, 0.3) is 0 Å². The van der Waals surface area contributed by atoms with Gasteiger partial charge < -0.3 is 10.2 Å². The normalized spacial score (nSPS) is 21.3. The quantitative estimate of drug-likeness (QED) is 0.876. The highest BCUT2D eigenvalue weighted by molar-refractivity contribution is 6.02. The van der Waals surface area contributed by atoms with Gasteiger partial charge in [0, 0.05) is 19.1 Å². The van der Waals surface area contributed by atoms with Gasteiger partial charge in [-0.3, -0.25) is 4.79 Å². The van der Waals surface area contributed by atoms with E-state index in [1.54, 1.807) is 0 Å². The van der Waals surface area contributed by atoms with E-state index in [2.05, 4.69) is 17.4 Å². The molecule has 0 saturated heterocycles. The molecule has 1 fully saturated rings. The Hall–Kier alpha value is -1.35. The van der Waals surface area contributed by atoms with Gasteiger partial charge in [-0.1, -0.05) is 12.1 Å². The fourth-order valence-corrected chi connectivity index (χ4v) is 3.20. The molecule has 3 heteroatoms. The Bertz CT molecular complexity index is 519. The maximum Gasteiger partial charge on any atom is 0.231 e. The second-order valence-electron chi connectivity index (χ2n) is 5.74. The Morgan fingerprint density at radius 2 is 2.11 bits per heavy atom. The van der Waals surface area contributed by atoms with Gasteiger partial charge in [0.2, 0.25) is 5.91 Å². The lowest BCUT2D eigenvalue weighted by Crippen LogP contribution is -2.31. The molecule has 1 aliphatic carbocycles. The van der Waals surface area contributed by atoms with E-state index in [1.165, 1.54) is 35.2 Å². The van der Waals surface area contributed by atoms with E-state index < -0.39 is 0 Å². The van der Waals surface area contributed by atoms with Crippen molar-refractivity contribution in [3.63, 3.8) is 0 Å². The first-order chi connectivity index (χ1) is 8.81. The Kier molecular flexibility index (Phi) is 2.24. The highest BCUT2D eigenvalue weighted by Gasteiger charge is 2.32. The summed E-state index contributed by atoms with van der Waals surface area (Å²) in [5, 5.41) is 3.56. The van der Waals surface area contributed by atoms with Crippen molar-refractivity contribution < 1.29 is 4.79 Å². The van der Waals surface area contributed by atoms with E-state index in [-0.39, 0.29) is 0 Å². The maximum atomic E-state index is 11.9. The lowest BCUT2D eigenvalue weighted by molar-refractivity contribution is -0.117. The molecule has 1 amide bonds. The number of amides is 1. The molecule has 3 nitrogen and oxygen atoms in total. The lowest BCUT2D eigenvalue weighted by Gasteiger charge is -2.26. The Morgan fingerprint density at radius 3 is 2.94 bits per heavy atom. The van der Waals surface area contributed by atoms with Crippen LogP contribution >= 0.6 is 0 Å². The van der Waals surface area contributed by atoms with Gasteiger partial charge in [0.15, 0.2) is 0 Å². The SMILES string of the molecule is O=C1Cc2cc(CNC3CC3)cc3c2N1CCC3. The monoisotopic (exact) mass is 242 g/mol. The molecule has 1 N–H and O–H groups in total. The van der Waals surface area contributed by atoms with Crippen LogP contribution in [0, 0.1) is 0 Å². The van der Waals surface area contributed by atoms with Crippen LogP contribution < -0.4 is 10.2 Å². The van der Waals surface area contributed by atoms with Gasteiger partial charge in [0.05, 0.1) is 12.1 Å². The summed E-state index contributed by atoms with van der Waals surface area (Å²) in [7, 11) is 0. The molecule has 0 unspecified atom stereocenters. The van der Waals surface area contributed by atoms with Gasteiger partial charge in [0.1, 0.15) is 0 Å². The van der Waals surface area contributed by atoms with Gasteiger partial charge in [-0.15, -0.1) is 0 Å². The number of hydrogen-bond donors (Lipinski definition) is 1. The summed E-state index contributed by atoms with van der Waals surface area (Å²) in [4.78, 5) is 13.9. The molecule has 1 aromatic carbocycles. The van der Waals surface area contributed by atoms with Crippen molar-refractivity contribution in [2.75, 3.05) is 11.4 Å². The average Bonchev–Trinajstić information content (AvgIpc) is 3.14. The molecule has 2 aliphatic heterocycles. The number of nitrogens with zero attached hydrogens (tertiary/aromatic N) is 1. The van der Waals surface area contributed by atoms with Crippen molar-refractivity contribution in [2.45, 2.75) is 44.7 Å². The minimum absolute atomic E-state index is 0.290. The third-order valence-electron chi connectivity index (χ3n) is 4.24. The van der Waals surface area contributed by atoms with Crippen molar-refractivity contribution in [2.24, 2.45) is 0 Å². The van der Waals surface area contributed by atoms with E-state index in [9.17, 15) is 4.79 Å². The number of rotatable bonds is 3. The number of nitrogens with one attached hydrogen (secondary N) is 1. The summed E-state index contributed by atoms with van der Waals surface area (Å²) in [6.07, 6.45) is 5.49. The number of hydrogen-bond acceptors (Lipinski definition) is 2. The molecule has 0 atom stereocenters. The summed E-state index contributed by atoms with van der Waals surface area (Å²) in [6.45, 7) is 1.87. The van der Waals surface area contributed by atoms with Gasteiger partial charge in [-0.2, -0.15) is 0 Å². The summed E-state index contributed by atoms with van der Waals surface area (Å²) in [5.41, 5.74) is 5.23. The fourth-order valence-electron chi connectivity index (χ4n) is 3.20. The molecule has 3 aliphatic rings. The number of carbonyl (C=O) groups excluding carboxylic acids is 1. The molecule has 1 aromatic rings. The van der Waals surface area contributed by atoms with E-state index >= 15 is 0 Å². The summed E-state index contributed by atoms with van der Waals surface area (Å²) < 4.78 is 0. The zero-order chi connectivity index (χ0) is 12.1. The molecular formula is C15H18N2O. The van der Waals surface area contributed by atoms with Gasteiger partial charge in [-0.25, -0.2) is 0 Å². The molecule has 0 bridgehead atoms. The molecule has 0 radical (unpaired) electrons. The number of aryl methyl sites for hydroxylation is 1. The van der Waals surface area contributed by atoms with Crippen LogP contribution in [0.4, 0.5) is 5.69 Å². The van der Waals surface area contributed by atoms with Crippen molar-refractivity contribution in [3.05, 3.63) is 28.8 Å². The molecule has 1 saturated carbocycles. The topological polar surface area (TPSA) is 32.3 Å². The van der Waals surface area contributed by atoms with Crippen molar-refractivity contribution in [1.29, 1.82) is 0 Å². The highest BCUT2D eigenvalue weighted by atomic mass is 16.2. The molecule has 0 aromatic heterocycles. The minimum atomic E-state index is 0.290. The van der Waals surface area contributed by atoms with Crippen LogP contribution in [0.1, 0.15) is 36.0 Å². The van der Waals surface area contributed by atoms with Crippen LogP contribution in [0.5, 0.6) is 0 Å².